The van der Waals surface area contributed by atoms with E-state index in [9.17, 15) is 34.8 Å². The number of carbonyl (C=O) groups excluding carboxylic acids is 3. The third-order valence-electron chi connectivity index (χ3n) is 4.17. The van der Waals surface area contributed by atoms with Crippen molar-refractivity contribution in [3.63, 3.8) is 0 Å². The Hall–Kier alpha value is -0.870. The molecule has 0 aromatic heterocycles. The van der Waals surface area contributed by atoms with Crippen LogP contribution in [0.15, 0.2) is 0 Å². The summed E-state index contributed by atoms with van der Waals surface area (Å²) in [6, 6.07) is -1.93. The summed E-state index contributed by atoms with van der Waals surface area (Å²) in [5, 5.41) is 50.6. The van der Waals surface area contributed by atoms with Crippen LogP contribution >= 0.6 is 67.8 Å². The summed E-state index contributed by atoms with van der Waals surface area (Å²) in [5.74, 6) is -2.57. The second-order valence-electron chi connectivity index (χ2n) is 6.76. The lowest BCUT2D eigenvalue weighted by Crippen LogP contribution is -2.43. The highest BCUT2D eigenvalue weighted by Gasteiger charge is 2.31. The van der Waals surface area contributed by atoms with Crippen LogP contribution in [0.2, 0.25) is 0 Å². The Balaban J connectivity index is 3.69. The molecular weight excluding hydrogens is 795 g/mol. The van der Waals surface area contributed by atoms with Gasteiger partial charge < -0.3 is 40.5 Å². The van der Waals surface area contributed by atoms with E-state index >= 15 is 0 Å². The molecule has 1 aromatic rings. The summed E-state index contributed by atoms with van der Waals surface area (Å²) < 4.78 is 10.9. The topological polar surface area (TPSA) is 198 Å². The number of ether oxygens (including phenoxy) is 2. The molecule has 0 heterocycles. The molecule has 34 heavy (non-hydrogen) atoms. The smallest absolute Gasteiger partial charge is 0.305 e. The molecule has 2 amide bonds. The fraction of sp³-hybridized carbons (Fsp3) is 0.474. The van der Waals surface area contributed by atoms with Gasteiger partial charge in [0, 0.05) is 24.6 Å². The Labute approximate surface area is 236 Å². The maximum atomic E-state index is 13.0. The summed E-state index contributed by atoms with van der Waals surface area (Å²) in [7, 11) is 0. The van der Waals surface area contributed by atoms with Crippen LogP contribution < -0.4 is 10.6 Å². The van der Waals surface area contributed by atoms with Crippen molar-refractivity contribution in [2.24, 2.45) is 0 Å². The molecule has 0 bridgehead atoms. The number of hydrogen-bond acceptors (Lipinski definition) is 10. The van der Waals surface area contributed by atoms with Crippen molar-refractivity contribution in [1.29, 1.82) is 5.41 Å². The van der Waals surface area contributed by atoms with Gasteiger partial charge in [-0.05, 0) is 67.8 Å². The Bertz CT molecular complexity index is 884. The monoisotopic (exact) mass is 819 g/mol. The van der Waals surface area contributed by atoms with Crippen LogP contribution in [0.3, 0.4) is 0 Å². The highest BCUT2D eigenvalue weighted by atomic mass is 127. The highest BCUT2D eigenvalue weighted by Crippen LogP contribution is 2.33. The predicted octanol–water partition coefficient (Wildman–Crippen LogP) is -0.0825. The predicted molar refractivity (Wildman–Crippen MR) is 145 cm³/mol. The molecule has 0 unspecified atom stereocenters. The van der Waals surface area contributed by atoms with E-state index in [0.29, 0.717) is 0 Å². The molecule has 1 aromatic carbocycles. The molecule has 7 N–H and O–H groups in total. The number of esters is 1. The van der Waals surface area contributed by atoms with E-state index in [0.717, 1.165) is 0 Å². The minimum atomic E-state index is -1.13. The Morgan fingerprint density at radius 3 is 1.47 bits per heavy atom. The number of aliphatic hydroxyl groups excluding tert-OH is 4. The zero-order chi connectivity index (χ0) is 26.2. The third-order valence-corrected chi connectivity index (χ3v) is 7.40. The van der Waals surface area contributed by atoms with Gasteiger partial charge in [-0.15, -0.1) is 0 Å². The Morgan fingerprint density at radius 2 is 1.15 bits per heavy atom. The number of nitrogens with one attached hydrogen (secondary N) is 3. The summed E-state index contributed by atoms with van der Waals surface area (Å²) in [6.45, 7) is 0.427. The Kier molecular flexibility index (Phi) is 13.4. The molecule has 1 rings (SSSR count). The van der Waals surface area contributed by atoms with E-state index in [1.54, 1.807) is 22.6 Å². The van der Waals surface area contributed by atoms with Gasteiger partial charge in [-0.3, -0.25) is 19.8 Å². The molecule has 0 fully saturated rings. The molecule has 0 radical (unpaired) electrons. The van der Waals surface area contributed by atoms with Gasteiger partial charge in [-0.25, -0.2) is 0 Å². The number of carbonyl (C=O) groups is 3. The van der Waals surface area contributed by atoms with Gasteiger partial charge >= 0.3 is 5.97 Å². The summed E-state index contributed by atoms with van der Waals surface area (Å²) in [5.41, 5.74) is 0.0171. The van der Waals surface area contributed by atoms with Crippen molar-refractivity contribution in [2.75, 3.05) is 26.4 Å². The maximum absolute atomic E-state index is 13.0. The van der Waals surface area contributed by atoms with Gasteiger partial charge in [0.05, 0.1) is 55.2 Å². The first kappa shape index (κ1) is 31.2. The normalized spacial score (nSPS) is 11.9. The zero-order valence-corrected chi connectivity index (χ0v) is 24.5. The van der Waals surface area contributed by atoms with Crippen LogP contribution in [-0.4, -0.2) is 88.9 Å². The van der Waals surface area contributed by atoms with Gasteiger partial charge in [0.2, 0.25) is 12.2 Å². The van der Waals surface area contributed by atoms with Crippen molar-refractivity contribution < 1.29 is 44.3 Å². The summed E-state index contributed by atoms with van der Waals surface area (Å²) >= 11 is 5.40. The average Bonchev–Trinajstić information content (AvgIpc) is 2.74. The third kappa shape index (κ3) is 8.08. The summed E-state index contributed by atoms with van der Waals surface area (Å²) in [4.78, 5) is 37.3. The van der Waals surface area contributed by atoms with Gasteiger partial charge in [0.25, 0.3) is 11.8 Å². The average molecular weight is 819 g/mol. The van der Waals surface area contributed by atoms with Crippen molar-refractivity contribution in [1.82, 2.24) is 10.6 Å². The zero-order valence-electron chi connectivity index (χ0n) is 18.0. The number of halogens is 3. The van der Waals surface area contributed by atoms with Crippen molar-refractivity contribution in [2.45, 2.75) is 32.2 Å². The fourth-order valence-electron chi connectivity index (χ4n) is 2.56. The lowest BCUT2D eigenvalue weighted by molar-refractivity contribution is -0.159. The van der Waals surface area contributed by atoms with Crippen LogP contribution in [0.1, 0.15) is 40.1 Å². The lowest BCUT2D eigenvalue weighted by atomic mass is 10.0. The minimum absolute atomic E-state index is 0.0216. The molecule has 15 heteroatoms. The van der Waals surface area contributed by atoms with Crippen molar-refractivity contribution in [3.8, 4) is 0 Å². The highest BCUT2D eigenvalue weighted by molar-refractivity contribution is 14.1. The molecule has 0 aliphatic rings. The number of rotatable bonds is 11. The molecule has 1 atom stereocenters. The molecular formula is C19H24I3N3O9. The van der Waals surface area contributed by atoms with Crippen molar-refractivity contribution >= 4 is 91.5 Å². The summed E-state index contributed by atoms with van der Waals surface area (Å²) in [6.07, 6.45) is -1.13. The van der Waals surface area contributed by atoms with Gasteiger partial charge in [-0.1, -0.05) is 0 Å². The maximum Gasteiger partial charge on any atom is 0.305 e. The van der Waals surface area contributed by atoms with Gasteiger partial charge in [0.15, 0.2) is 0 Å². The second-order valence-corrected chi connectivity index (χ2v) is 10.00. The van der Waals surface area contributed by atoms with Crippen LogP contribution in [0, 0.1) is 16.1 Å². The largest absolute Gasteiger partial charge is 0.438 e. The molecule has 190 valence electrons. The molecule has 0 aliphatic carbocycles. The molecule has 12 nitrogen and oxygen atoms in total. The van der Waals surface area contributed by atoms with Gasteiger partial charge in [-0.2, -0.15) is 0 Å². The quantitative estimate of drug-likeness (QED) is 0.0525. The van der Waals surface area contributed by atoms with E-state index in [1.807, 2.05) is 45.2 Å². The first-order valence-corrected chi connectivity index (χ1v) is 12.8. The van der Waals surface area contributed by atoms with Crippen LogP contribution in [0.25, 0.3) is 0 Å². The molecule has 0 saturated carbocycles. The molecule has 0 aliphatic heterocycles. The number of benzene rings is 1. The SMILES string of the molecule is CC(=O)O[C@@H](C)OC(=N)c1c(I)c(C(=O)NC(CO)CO)c(I)c(C(=O)NC(CO)CO)c1I. The first-order chi connectivity index (χ1) is 15.9. The first-order valence-electron chi connectivity index (χ1n) is 9.61. The number of amides is 2. The Morgan fingerprint density at radius 1 is 0.794 bits per heavy atom. The van der Waals surface area contributed by atoms with E-state index in [-0.39, 0.29) is 27.4 Å². The van der Waals surface area contributed by atoms with E-state index in [4.69, 9.17) is 14.9 Å². The minimum Gasteiger partial charge on any atom is -0.438 e. The van der Waals surface area contributed by atoms with Crippen LogP contribution in [-0.2, 0) is 14.3 Å². The number of aliphatic hydroxyl groups is 4. The van der Waals surface area contributed by atoms with E-state index in [1.165, 1.54) is 13.8 Å². The second kappa shape index (κ2) is 14.6. The standard InChI is InChI=1S/C19H24I3N3O9/c1-7(30)33-8(2)34-17(23)11-14(20)12(18(31)24-9(3-26)4-27)16(22)13(15(11)21)19(32)25-10(5-28)6-29/h8-10,23,26-29H,3-6H2,1-2H3,(H,24,31)(H,25,32)/t8-/m1/s1. The molecule has 0 spiro atoms. The van der Waals surface area contributed by atoms with Crippen LogP contribution in [0.4, 0.5) is 0 Å². The molecule has 0 saturated heterocycles. The fourth-order valence-corrected chi connectivity index (χ4v) is 7.19. The van der Waals surface area contributed by atoms with E-state index < -0.39 is 68.5 Å². The number of hydrogen-bond donors (Lipinski definition) is 7. The van der Waals surface area contributed by atoms with Crippen molar-refractivity contribution in [3.05, 3.63) is 27.4 Å². The van der Waals surface area contributed by atoms with Crippen LogP contribution in [0.5, 0.6) is 0 Å². The van der Waals surface area contributed by atoms with E-state index in [2.05, 4.69) is 10.6 Å². The van der Waals surface area contributed by atoms with Gasteiger partial charge in [0.1, 0.15) is 0 Å². The lowest BCUT2D eigenvalue weighted by Gasteiger charge is -2.23.